The number of nitrogens with zero attached hydrogens (tertiary/aromatic N) is 3. The largest absolute Gasteiger partial charge is 0.498 e. The second-order valence-electron chi connectivity index (χ2n) is 12.1. The van der Waals surface area contributed by atoms with Gasteiger partial charge in [0, 0.05) is 42.0 Å². The molecule has 0 atom stereocenters. The van der Waals surface area contributed by atoms with Crippen LogP contribution in [0.15, 0.2) is 102 Å². The maximum Gasteiger partial charge on any atom is 0.148 e. The van der Waals surface area contributed by atoms with E-state index >= 15 is 0 Å². The molecule has 241 valence electrons. The number of aromatic nitrogens is 3. The predicted octanol–water partition coefficient (Wildman–Crippen LogP) is 11.6. The molecule has 0 aliphatic heterocycles. The summed E-state index contributed by atoms with van der Waals surface area (Å²) in [5.74, 6) is 0.312. The Hall–Kier alpha value is -4.48. The maximum atomic E-state index is 7.77. The molecule has 48 heavy (non-hydrogen) atoms. The van der Waals surface area contributed by atoms with E-state index in [1.807, 2.05) is 73.9 Å². The van der Waals surface area contributed by atoms with E-state index in [0.29, 0.717) is 22.6 Å². The molecule has 0 amide bonds. The fourth-order valence-corrected chi connectivity index (χ4v) is 6.79. The molecular formula is C42H35IrN3OS-2. The van der Waals surface area contributed by atoms with E-state index in [4.69, 9.17) is 13.5 Å². The molecule has 8 aromatic rings. The van der Waals surface area contributed by atoms with Crippen molar-refractivity contribution < 1.29 is 28.6 Å². The van der Waals surface area contributed by atoms with E-state index in [1.54, 1.807) is 0 Å². The van der Waals surface area contributed by atoms with Crippen molar-refractivity contribution in [1.82, 2.24) is 15.0 Å². The van der Waals surface area contributed by atoms with Crippen molar-refractivity contribution in [3.63, 3.8) is 0 Å². The zero-order chi connectivity index (χ0) is 35.2. The number of pyridine rings is 2. The molecule has 4 aromatic carbocycles. The molecule has 0 N–H and O–H groups in total. The van der Waals surface area contributed by atoms with Crippen LogP contribution in [0.4, 0.5) is 0 Å². The molecule has 0 bridgehead atoms. The Kier molecular flexibility index (Phi) is 8.61. The Labute approximate surface area is 303 Å². The first-order valence-electron chi connectivity index (χ1n) is 17.1. The molecule has 4 heterocycles. The van der Waals surface area contributed by atoms with Crippen LogP contribution in [-0.2, 0) is 20.1 Å². The minimum absolute atomic E-state index is 0. The quantitative estimate of drug-likeness (QED) is 0.166. The van der Waals surface area contributed by atoms with E-state index in [9.17, 15) is 0 Å². The smallest absolute Gasteiger partial charge is 0.148 e. The van der Waals surface area contributed by atoms with Crippen LogP contribution in [0.25, 0.3) is 65.8 Å². The van der Waals surface area contributed by atoms with Gasteiger partial charge in [0.05, 0.1) is 15.3 Å². The molecule has 0 aliphatic rings. The molecule has 0 unspecified atom stereocenters. The molecule has 6 heteroatoms. The van der Waals surface area contributed by atoms with Gasteiger partial charge in [0.1, 0.15) is 11.1 Å². The number of aryl methyl sites for hydroxylation is 4. The molecule has 1 radical (unpaired) electrons. The van der Waals surface area contributed by atoms with Gasteiger partial charge in [-0.15, -0.1) is 65.4 Å². The summed E-state index contributed by atoms with van der Waals surface area (Å²) in [6.07, 6.45) is 3.84. The van der Waals surface area contributed by atoms with Gasteiger partial charge in [-0.3, -0.25) is 0 Å². The van der Waals surface area contributed by atoms with Gasteiger partial charge in [-0.05, 0) is 84.4 Å². The number of hydrogen-bond donors (Lipinski definition) is 0. The third kappa shape index (κ3) is 6.36. The second-order valence-corrected chi connectivity index (χ2v) is 13.1. The molecule has 8 rings (SSSR count). The van der Waals surface area contributed by atoms with Crippen LogP contribution >= 0.6 is 11.3 Å². The van der Waals surface area contributed by atoms with Crippen LogP contribution in [0, 0.1) is 39.8 Å². The van der Waals surface area contributed by atoms with Crippen LogP contribution in [0.2, 0.25) is 0 Å². The standard InChI is InChI=1S/C30H25N2OS.C12H10N.Ir/c1-16(2)24-15-31-25(14-23(24)27-17(3)8-6-9-18(27)4)22-11-7-10-20-21-12-13-26-28(32-19(5)34-26)30(21)33-29(20)22;1-10-7-8-12(13-9-10)11-5-3-2-4-6-11;/h6-10,12-16H,1-5H3;2-5,7-9H,1H3;/q2*-1;/i5D3;;. The van der Waals surface area contributed by atoms with Crippen molar-refractivity contribution in [3.8, 4) is 33.6 Å². The molecule has 0 saturated carbocycles. The molecular weight excluding hydrogens is 787 g/mol. The van der Waals surface area contributed by atoms with Gasteiger partial charge in [0.25, 0.3) is 0 Å². The summed E-state index contributed by atoms with van der Waals surface area (Å²) in [5, 5.41) is 1.94. The monoisotopic (exact) mass is 825 g/mol. The summed E-state index contributed by atoms with van der Waals surface area (Å²) in [6, 6.07) is 34.7. The minimum Gasteiger partial charge on any atom is -0.498 e. The summed E-state index contributed by atoms with van der Waals surface area (Å²) in [5.41, 5.74) is 12.6. The van der Waals surface area contributed by atoms with Gasteiger partial charge in [-0.2, -0.15) is 0 Å². The first-order valence-corrected chi connectivity index (χ1v) is 16.4. The van der Waals surface area contributed by atoms with Gasteiger partial charge >= 0.3 is 0 Å². The average molecular weight is 825 g/mol. The fourth-order valence-electron chi connectivity index (χ4n) is 6.08. The molecule has 4 aromatic heterocycles. The molecule has 0 saturated heterocycles. The third-order valence-corrected chi connectivity index (χ3v) is 9.25. The minimum atomic E-state index is -2.26. The molecule has 4 nitrogen and oxygen atoms in total. The molecule has 0 spiro atoms. The van der Waals surface area contributed by atoms with Gasteiger partial charge in [-0.25, -0.2) is 4.98 Å². The normalized spacial score (nSPS) is 12.3. The summed E-state index contributed by atoms with van der Waals surface area (Å²) < 4.78 is 30.5. The van der Waals surface area contributed by atoms with Crippen molar-refractivity contribution in [2.75, 3.05) is 0 Å². The van der Waals surface area contributed by atoms with E-state index in [0.717, 1.165) is 38.0 Å². The number of furan rings is 1. The van der Waals surface area contributed by atoms with Crippen LogP contribution in [-0.4, -0.2) is 15.0 Å². The number of thiazole rings is 1. The molecule has 0 aliphatic carbocycles. The fraction of sp³-hybridized carbons (Fsp3) is 0.167. The van der Waals surface area contributed by atoms with Crippen LogP contribution in [0.1, 0.15) is 51.1 Å². The van der Waals surface area contributed by atoms with Gasteiger partial charge < -0.3 is 14.4 Å². The van der Waals surface area contributed by atoms with Crippen molar-refractivity contribution in [2.45, 2.75) is 47.4 Å². The number of fused-ring (bicyclic) bond motifs is 5. The first kappa shape index (κ1) is 29.6. The number of benzene rings is 4. The van der Waals surface area contributed by atoms with Crippen LogP contribution < -0.4 is 0 Å². The topological polar surface area (TPSA) is 51.8 Å². The third-order valence-electron chi connectivity index (χ3n) is 8.42. The molecule has 0 fully saturated rings. The van der Waals surface area contributed by atoms with Crippen molar-refractivity contribution in [1.29, 1.82) is 0 Å². The summed E-state index contributed by atoms with van der Waals surface area (Å²) in [4.78, 5) is 13.6. The van der Waals surface area contributed by atoms with E-state index in [2.05, 4.69) is 80.1 Å². The first-order chi connectivity index (χ1) is 24.0. The number of rotatable bonds is 4. The Bertz CT molecular complexity index is 2470. The Balaban J connectivity index is 0.000000269. The number of hydrogen-bond acceptors (Lipinski definition) is 5. The predicted molar refractivity (Wildman–Crippen MR) is 196 cm³/mol. The van der Waals surface area contributed by atoms with Crippen molar-refractivity contribution >= 4 is 43.5 Å². The van der Waals surface area contributed by atoms with E-state index < -0.39 is 6.85 Å². The Morgan fingerprint density at radius 1 is 0.792 bits per heavy atom. The van der Waals surface area contributed by atoms with Crippen LogP contribution in [0.3, 0.4) is 0 Å². The van der Waals surface area contributed by atoms with Gasteiger partial charge in [-0.1, -0.05) is 67.3 Å². The van der Waals surface area contributed by atoms with Gasteiger partial charge in [0.15, 0.2) is 0 Å². The van der Waals surface area contributed by atoms with E-state index in [1.165, 1.54) is 44.7 Å². The van der Waals surface area contributed by atoms with Crippen molar-refractivity contribution in [2.24, 2.45) is 0 Å². The summed E-state index contributed by atoms with van der Waals surface area (Å²) in [7, 11) is 0. The van der Waals surface area contributed by atoms with Crippen LogP contribution in [0.5, 0.6) is 0 Å². The maximum absolute atomic E-state index is 7.77. The average Bonchev–Trinajstić information content (AvgIpc) is 3.72. The second kappa shape index (κ2) is 13.9. The Morgan fingerprint density at radius 2 is 1.58 bits per heavy atom. The van der Waals surface area contributed by atoms with Gasteiger partial charge in [0.2, 0.25) is 0 Å². The summed E-state index contributed by atoms with van der Waals surface area (Å²) >= 11 is 1.18. The van der Waals surface area contributed by atoms with Crippen molar-refractivity contribution in [3.05, 3.63) is 137 Å². The zero-order valence-electron chi connectivity index (χ0n) is 30.3. The zero-order valence-corrected chi connectivity index (χ0v) is 30.5. The SMILES string of the molecule is Cc1ccc(-c2[c-]cccc2)nc1.[2H]C([2H])([2H])c1nc2c(ccc3c4cc[c-]c(-c5cc(-c6c(C)cccc6C)c(C(C)C)cn5)c4oc32)s1.[Ir]. The van der Waals surface area contributed by atoms with E-state index in [-0.39, 0.29) is 25.1 Å². The summed E-state index contributed by atoms with van der Waals surface area (Å²) in [6.45, 7) is 8.44. The Morgan fingerprint density at radius 3 is 2.29 bits per heavy atom.